The lowest BCUT2D eigenvalue weighted by molar-refractivity contribution is 0.0954. The van der Waals surface area contributed by atoms with Crippen LogP contribution in [-0.2, 0) is 21.0 Å². The molecule has 11 heteroatoms. The first-order valence-corrected chi connectivity index (χ1v) is 55.7. The highest BCUT2D eigenvalue weighted by atomic mass is 32.1. The van der Waals surface area contributed by atoms with Crippen molar-refractivity contribution in [2.24, 2.45) is 0 Å². The number of allylic oxidation sites excluding steroid dienone is 2. The van der Waals surface area contributed by atoms with E-state index in [1.165, 1.54) is 237 Å². The first kappa shape index (κ1) is 96.7. The third-order valence-electron chi connectivity index (χ3n) is 29.0. The minimum absolute atomic E-state index is 0.0520. The van der Waals surface area contributed by atoms with Crippen molar-refractivity contribution in [1.29, 1.82) is 15.8 Å². The molecule has 7 aromatic carbocycles. The van der Waals surface area contributed by atoms with Crippen molar-refractivity contribution >= 4 is 140 Å². The van der Waals surface area contributed by atoms with Crippen molar-refractivity contribution in [2.75, 3.05) is 4.90 Å². The number of rotatable bonds is 46. The maximum absolute atomic E-state index is 10.3. The minimum Gasteiger partial charge on any atom is -0.480 e. The molecule has 0 saturated carbocycles. The largest absolute Gasteiger partial charge is 0.480 e. The molecular formula is C125H130N4OS6. The summed E-state index contributed by atoms with van der Waals surface area (Å²) in [4.78, 5) is 16.0. The molecule has 692 valence electrons. The van der Waals surface area contributed by atoms with Gasteiger partial charge in [0, 0.05) is 92.5 Å². The number of unbranched alkanes of at least 4 members (excludes halogenated alkanes) is 18. The molecule has 13 aromatic rings. The number of nitrogens with zero attached hydrogens (tertiary/aromatic N) is 4. The van der Waals surface area contributed by atoms with Crippen molar-refractivity contribution in [3.8, 4) is 82.9 Å². The lowest BCUT2D eigenvalue weighted by atomic mass is 9.63. The first-order valence-electron chi connectivity index (χ1n) is 50.8. The quantitative estimate of drug-likeness (QED) is 0.0280. The van der Waals surface area contributed by atoms with Gasteiger partial charge in [0.1, 0.15) is 29.4 Å². The summed E-state index contributed by atoms with van der Waals surface area (Å²) in [5, 5.41) is 32.0. The van der Waals surface area contributed by atoms with Crippen molar-refractivity contribution in [3.63, 3.8) is 0 Å². The lowest BCUT2D eigenvalue weighted by Gasteiger charge is -2.40. The Balaban J connectivity index is 0.824. The van der Waals surface area contributed by atoms with Gasteiger partial charge in [0.15, 0.2) is 11.3 Å². The predicted molar refractivity (Wildman–Crippen MR) is 592 cm³/mol. The van der Waals surface area contributed by atoms with Gasteiger partial charge in [0.25, 0.3) is 0 Å². The van der Waals surface area contributed by atoms with Crippen molar-refractivity contribution < 1.29 is 4.74 Å². The zero-order chi connectivity index (χ0) is 94.0. The van der Waals surface area contributed by atoms with Crippen LogP contribution in [0.4, 0.5) is 17.1 Å². The van der Waals surface area contributed by atoms with Gasteiger partial charge < -0.3 is 9.64 Å². The maximum Gasteiger partial charge on any atom is 0.172 e. The molecule has 6 aromatic heterocycles. The van der Waals surface area contributed by atoms with Gasteiger partial charge in [-0.25, -0.2) is 0 Å². The predicted octanol–water partition coefficient (Wildman–Crippen LogP) is 39.8. The molecular weight excluding hydrogens is 1770 g/mol. The Labute approximate surface area is 835 Å². The van der Waals surface area contributed by atoms with Gasteiger partial charge in [-0.05, 0) is 317 Å². The lowest BCUT2D eigenvalue weighted by Crippen LogP contribution is -2.31. The number of benzene rings is 7. The highest BCUT2D eigenvalue weighted by Gasteiger charge is 2.58. The highest BCUT2D eigenvalue weighted by Crippen LogP contribution is 2.72. The Morgan fingerprint density at radius 1 is 0.324 bits per heavy atom. The van der Waals surface area contributed by atoms with E-state index in [2.05, 4.69) is 319 Å². The first-order chi connectivity index (χ1) is 66.7. The molecule has 0 fully saturated rings. The van der Waals surface area contributed by atoms with Crippen LogP contribution in [0.1, 0.15) is 326 Å². The summed E-state index contributed by atoms with van der Waals surface area (Å²) in [6.45, 7) is 18.2. The highest BCUT2D eigenvalue weighted by molar-refractivity contribution is 7.17. The smallest absolute Gasteiger partial charge is 0.172 e. The van der Waals surface area contributed by atoms with Crippen LogP contribution < -0.4 is 4.90 Å². The molecule has 1 aliphatic heterocycles. The molecule has 0 amide bonds. The molecule has 0 saturated heterocycles. The molecule has 3 aliphatic carbocycles. The Morgan fingerprint density at radius 3 is 0.978 bits per heavy atom. The summed E-state index contributed by atoms with van der Waals surface area (Å²) in [6.07, 6.45) is 58.2. The van der Waals surface area contributed by atoms with E-state index >= 15 is 0 Å². The normalized spacial score (nSPS) is 14.6. The second-order valence-corrected chi connectivity index (χ2v) is 45.1. The number of ether oxygens (including phenoxy) is 1. The number of anilines is 3. The molecule has 17 rings (SSSR count). The number of hydrogen-bond acceptors (Lipinski definition) is 11. The molecule has 0 radical (unpaired) electrons. The van der Waals surface area contributed by atoms with E-state index in [1.54, 1.807) is 72.7 Å². The van der Waals surface area contributed by atoms with Gasteiger partial charge in [0.05, 0.1) is 0 Å². The second-order valence-electron chi connectivity index (χ2n) is 38.4. The fourth-order valence-corrected chi connectivity index (χ4v) is 27.3. The van der Waals surface area contributed by atoms with Crippen LogP contribution in [0.2, 0.25) is 0 Å². The van der Waals surface area contributed by atoms with Gasteiger partial charge in [-0.15, -0.1) is 68.0 Å². The van der Waals surface area contributed by atoms with Gasteiger partial charge in [-0.3, -0.25) is 0 Å². The van der Waals surface area contributed by atoms with Gasteiger partial charge in [-0.1, -0.05) is 299 Å². The summed E-state index contributed by atoms with van der Waals surface area (Å²) >= 11 is 11.1. The molecule has 0 bridgehead atoms. The molecule has 5 nitrogen and oxygen atoms in total. The number of hydrogen-bond donors (Lipinski definition) is 0. The third-order valence-corrected chi connectivity index (χ3v) is 35.2. The van der Waals surface area contributed by atoms with Crippen LogP contribution in [0.15, 0.2) is 246 Å². The van der Waals surface area contributed by atoms with Crippen LogP contribution in [0, 0.1) is 34.0 Å². The molecule has 0 N–H and O–H groups in total. The average molecular weight is 1900 g/mol. The Hall–Kier alpha value is -11.0. The van der Waals surface area contributed by atoms with E-state index in [4.69, 9.17) is 4.74 Å². The fourth-order valence-electron chi connectivity index (χ4n) is 22.3. The number of thiophene rings is 6. The summed E-state index contributed by atoms with van der Waals surface area (Å²) in [6, 6.07) is 88.1. The Kier molecular flexibility index (Phi) is 32.0. The van der Waals surface area contributed by atoms with Crippen molar-refractivity contribution in [2.45, 2.75) is 270 Å². The molecule has 7 heterocycles. The monoisotopic (exact) mass is 1890 g/mol. The van der Waals surface area contributed by atoms with E-state index < -0.39 is 5.60 Å². The molecule has 0 atom stereocenters. The zero-order valence-electron chi connectivity index (χ0n) is 80.9. The van der Waals surface area contributed by atoms with Crippen LogP contribution in [-0.4, -0.2) is 5.60 Å². The van der Waals surface area contributed by atoms with E-state index in [9.17, 15) is 15.8 Å². The topological polar surface area (TPSA) is 83.8 Å². The van der Waals surface area contributed by atoms with Crippen LogP contribution in [0.3, 0.4) is 0 Å². The van der Waals surface area contributed by atoms with E-state index in [0.29, 0.717) is 5.57 Å². The van der Waals surface area contributed by atoms with Gasteiger partial charge in [-0.2, -0.15) is 15.8 Å². The van der Waals surface area contributed by atoms with Crippen LogP contribution >= 0.6 is 68.0 Å². The summed E-state index contributed by atoms with van der Waals surface area (Å²) < 4.78 is 6.11. The molecule has 136 heavy (non-hydrogen) atoms. The Bertz CT molecular complexity index is 6550. The summed E-state index contributed by atoms with van der Waals surface area (Å²) in [5.74, 6) is 0.0520. The van der Waals surface area contributed by atoms with Crippen LogP contribution in [0.25, 0.3) is 119 Å². The molecule has 4 aliphatic rings. The van der Waals surface area contributed by atoms with E-state index in [0.717, 1.165) is 65.3 Å². The summed E-state index contributed by atoms with van der Waals surface area (Å²) in [7, 11) is 0. The van der Waals surface area contributed by atoms with Crippen molar-refractivity contribution in [1.82, 2.24) is 0 Å². The molecule has 0 unspecified atom stereocenters. The SMILES string of the molecule is CCCCCCC1(CCCCCC)c2cc(-c3ccc(/C=C\c4cccs4)s3)ccc2-c2c1c1c(c3c2C(CCCCCC)(CCCCCC)c2cc(-c4ccc(/C=C/c5ccc(/C=C/c6ccc(N(c7ccccc7)c7ccccc7)cc6)s5)s4)ccc2-3)C(CCCCCC)(CCCCCC)c2cc(-c3ccc(/C=C\c4ccc(/C=C/C5=C(C#N)C(=C(C#N)C#N)OC5(C)C)s4)s3)ccc2-1. The number of para-hydroxylation sites is 2. The number of nitriles is 3. The van der Waals surface area contributed by atoms with E-state index in [-0.39, 0.29) is 33.2 Å². The minimum atomic E-state index is -0.892. The Morgan fingerprint density at radius 2 is 0.647 bits per heavy atom. The summed E-state index contributed by atoms with van der Waals surface area (Å²) in [5.41, 5.74) is 26.9. The molecule has 0 spiro atoms. The standard InChI is InChI=1S/C125H130N4OS6/c1-9-15-21-33-75-123(76-34-22-16-10-2)109-82-89(112-72-65-101(134-112)55-54-96-44-39-81-131-96)48-68-104(109)115-118(123)116-105-70-50-91(114-74-67-103(136-114)63-61-99-58-59-100(133-99)64-71-108-107(87-128)121(92(85-126)86-127)130-122(108,7)8)84-111(105)125(79-37-25-19-13-5,80-38-26-20-14-6)120(116)117-106-69-49-90(83-110(106)124(119(115)117,77-35-23-17-11-3)78-36-24-18-12-4)113-73-66-102(135-113)62-60-98-57-56-97(132-98)53-47-88-45-51-95(52-46-88)129(93-40-29-27-30-41-93)94-42-31-28-32-43-94/h27-32,39-74,81-84H,9-26,33-38,75-80H2,1-8H3/b53-47+,55-54-,62-60+,63-61-,71-64+. The second kappa shape index (κ2) is 45.1. The van der Waals surface area contributed by atoms with E-state index in [1.807, 2.05) is 83.5 Å². The van der Waals surface area contributed by atoms with Crippen molar-refractivity contribution in [3.05, 3.63) is 324 Å². The van der Waals surface area contributed by atoms with Gasteiger partial charge >= 0.3 is 0 Å². The maximum atomic E-state index is 10.3. The zero-order valence-corrected chi connectivity index (χ0v) is 85.8. The van der Waals surface area contributed by atoms with Gasteiger partial charge in [0.2, 0.25) is 0 Å². The third kappa shape index (κ3) is 20.6. The van der Waals surface area contributed by atoms with Crippen LogP contribution in [0.5, 0.6) is 0 Å². The fraction of sp³-hybridized carbons (Fsp3) is 0.336. The number of fused-ring (bicyclic) bond motifs is 12. The average Bonchev–Trinajstić information content (AvgIpc) is 1.48.